The smallest absolute Gasteiger partial charge is 0.233 e. The zero-order valence-electron chi connectivity index (χ0n) is 9.45. The summed E-state index contributed by atoms with van der Waals surface area (Å²) in [6.07, 6.45) is 2.14. The molecule has 0 fully saturated rings. The van der Waals surface area contributed by atoms with Crippen LogP contribution < -0.4 is 11.1 Å². The van der Waals surface area contributed by atoms with Crippen LogP contribution in [0.4, 0.5) is 0 Å². The summed E-state index contributed by atoms with van der Waals surface area (Å²) >= 11 is 4.91. The fourth-order valence-corrected chi connectivity index (χ4v) is 1.46. The minimum Gasteiger partial charge on any atom is -0.467 e. The van der Waals surface area contributed by atoms with Gasteiger partial charge in [-0.15, -0.1) is 0 Å². The zero-order valence-corrected chi connectivity index (χ0v) is 10.3. The fourth-order valence-electron chi connectivity index (χ4n) is 1.22. The van der Waals surface area contributed by atoms with E-state index in [0.29, 0.717) is 18.7 Å². The number of carbonyl (C=O) groups is 1. The van der Waals surface area contributed by atoms with Gasteiger partial charge in [-0.1, -0.05) is 19.1 Å². The van der Waals surface area contributed by atoms with Gasteiger partial charge in [0, 0.05) is 0 Å². The summed E-state index contributed by atoms with van der Waals surface area (Å²) in [6, 6.07) is 3.57. The first-order valence-electron chi connectivity index (χ1n) is 5.11. The predicted molar refractivity (Wildman–Crippen MR) is 65.7 cm³/mol. The van der Waals surface area contributed by atoms with Gasteiger partial charge in [0.15, 0.2) is 0 Å². The molecular formula is C11H16N2O2S. The van der Waals surface area contributed by atoms with Crippen molar-refractivity contribution in [1.29, 1.82) is 0 Å². The molecule has 1 atom stereocenters. The molecule has 1 heterocycles. The highest BCUT2D eigenvalue weighted by Gasteiger charge is 2.34. The average Bonchev–Trinajstić information content (AvgIpc) is 2.77. The van der Waals surface area contributed by atoms with Crippen molar-refractivity contribution in [2.24, 2.45) is 11.1 Å². The second kappa shape index (κ2) is 5.12. The van der Waals surface area contributed by atoms with Gasteiger partial charge in [-0.05, 0) is 25.5 Å². The number of nitrogens with two attached hydrogens (primary N) is 1. The summed E-state index contributed by atoms with van der Waals surface area (Å²) in [5, 5.41) is 2.76. The van der Waals surface area contributed by atoms with Crippen LogP contribution in [0, 0.1) is 5.41 Å². The quantitative estimate of drug-likeness (QED) is 0.767. The van der Waals surface area contributed by atoms with E-state index in [-0.39, 0.29) is 10.9 Å². The number of carbonyl (C=O) groups excluding carboxylic acids is 1. The molecule has 1 aromatic heterocycles. The van der Waals surface area contributed by atoms with E-state index in [0.717, 1.165) is 0 Å². The highest BCUT2D eigenvalue weighted by molar-refractivity contribution is 7.80. The summed E-state index contributed by atoms with van der Waals surface area (Å²) < 4.78 is 5.11. The molecule has 1 amide bonds. The van der Waals surface area contributed by atoms with Crippen LogP contribution in [0.15, 0.2) is 22.8 Å². The molecule has 4 nitrogen and oxygen atoms in total. The highest BCUT2D eigenvalue weighted by Crippen LogP contribution is 2.21. The molecule has 0 aliphatic heterocycles. The van der Waals surface area contributed by atoms with Gasteiger partial charge in [0.1, 0.15) is 5.76 Å². The topological polar surface area (TPSA) is 68.3 Å². The first-order valence-corrected chi connectivity index (χ1v) is 5.52. The van der Waals surface area contributed by atoms with E-state index in [1.54, 1.807) is 25.3 Å². The van der Waals surface area contributed by atoms with E-state index in [1.807, 2.05) is 6.92 Å². The van der Waals surface area contributed by atoms with E-state index in [9.17, 15) is 4.79 Å². The summed E-state index contributed by atoms with van der Waals surface area (Å²) in [5.74, 6) is 0.536. The Morgan fingerprint density at radius 3 is 2.81 bits per heavy atom. The van der Waals surface area contributed by atoms with Crippen LogP contribution in [0.1, 0.15) is 26.0 Å². The van der Waals surface area contributed by atoms with Crippen molar-refractivity contribution >= 4 is 23.1 Å². The second-order valence-corrected chi connectivity index (χ2v) is 4.25. The monoisotopic (exact) mass is 240 g/mol. The zero-order chi connectivity index (χ0) is 12.2. The second-order valence-electron chi connectivity index (χ2n) is 3.81. The van der Waals surface area contributed by atoms with Gasteiger partial charge in [-0.25, -0.2) is 0 Å². The lowest BCUT2D eigenvalue weighted by Gasteiger charge is -2.25. The van der Waals surface area contributed by atoms with E-state index >= 15 is 0 Å². The third-order valence-corrected chi connectivity index (χ3v) is 3.21. The largest absolute Gasteiger partial charge is 0.467 e. The SMILES string of the molecule is CCC(C)(C(=O)NCc1ccco1)C(N)=S. The number of amides is 1. The molecule has 0 aliphatic carbocycles. The molecule has 5 heteroatoms. The molecule has 3 N–H and O–H groups in total. The van der Waals surface area contributed by atoms with Crippen LogP contribution in [0.5, 0.6) is 0 Å². The molecule has 0 spiro atoms. The van der Waals surface area contributed by atoms with Crippen LogP contribution in [-0.2, 0) is 11.3 Å². The predicted octanol–water partition coefficient (Wildman–Crippen LogP) is 1.60. The fraction of sp³-hybridized carbons (Fsp3) is 0.455. The van der Waals surface area contributed by atoms with Crippen LogP contribution >= 0.6 is 12.2 Å². The van der Waals surface area contributed by atoms with Crippen molar-refractivity contribution in [3.63, 3.8) is 0 Å². The molecule has 88 valence electrons. The van der Waals surface area contributed by atoms with E-state index in [2.05, 4.69) is 5.32 Å². The standard InChI is InChI=1S/C11H16N2O2S/c1-3-11(2,9(12)16)10(14)13-7-8-5-4-6-15-8/h4-6H,3,7H2,1-2H3,(H2,12,16)(H,13,14). The van der Waals surface area contributed by atoms with E-state index < -0.39 is 5.41 Å². The highest BCUT2D eigenvalue weighted by atomic mass is 32.1. The Labute approximate surface area is 100 Å². The number of furan rings is 1. The van der Waals surface area contributed by atoms with E-state index in [4.69, 9.17) is 22.4 Å². The Morgan fingerprint density at radius 1 is 1.69 bits per heavy atom. The summed E-state index contributed by atoms with van der Waals surface area (Å²) in [4.78, 5) is 12.1. The first-order chi connectivity index (χ1) is 7.50. The van der Waals surface area contributed by atoms with Gasteiger partial charge in [-0.2, -0.15) is 0 Å². The maximum Gasteiger partial charge on any atom is 0.233 e. The Morgan fingerprint density at radius 2 is 2.38 bits per heavy atom. The average molecular weight is 240 g/mol. The molecular weight excluding hydrogens is 224 g/mol. The number of rotatable bonds is 5. The molecule has 0 radical (unpaired) electrons. The molecule has 16 heavy (non-hydrogen) atoms. The number of hydrogen-bond acceptors (Lipinski definition) is 3. The third kappa shape index (κ3) is 2.61. The molecule has 0 saturated carbocycles. The first kappa shape index (κ1) is 12.7. The van der Waals surface area contributed by atoms with Gasteiger partial charge in [0.25, 0.3) is 0 Å². The van der Waals surface area contributed by atoms with Crippen molar-refractivity contribution < 1.29 is 9.21 Å². The lowest BCUT2D eigenvalue weighted by atomic mass is 9.86. The van der Waals surface area contributed by atoms with E-state index in [1.165, 1.54) is 0 Å². The molecule has 0 aromatic carbocycles. The van der Waals surface area contributed by atoms with Crippen molar-refractivity contribution in [2.75, 3.05) is 0 Å². The molecule has 0 saturated heterocycles. The Hall–Kier alpha value is -1.36. The third-order valence-electron chi connectivity index (χ3n) is 2.76. The van der Waals surface area contributed by atoms with Gasteiger partial charge in [0.05, 0.1) is 23.2 Å². The summed E-state index contributed by atoms with van der Waals surface area (Å²) in [7, 11) is 0. The summed E-state index contributed by atoms with van der Waals surface area (Å²) in [6.45, 7) is 3.97. The molecule has 1 aromatic rings. The van der Waals surface area contributed by atoms with Crippen molar-refractivity contribution in [2.45, 2.75) is 26.8 Å². The Balaban J connectivity index is 2.60. The molecule has 0 aliphatic rings. The van der Waals surface area contributed by atoms with Crippen molar-refractivity contribution in [3.05, 3.63) is 24.2 Å². The van der Waals surface area contributed by atoms with Crippen molar-refractivity contribution in [3.8, 4) is 0 Å². The Bertz CT molecular complexity index is 375. The van der Waals surface area contributed by atoms with Gasteiger partial charge < -0.3 is 15.5 Å². The normalized spacial score (nSPS) is 14.1. The van der Waals surface area contributed by atoms with Gasteiger partial charge >= 0.3 is 0 Å². The van der Waals surface area contributed by atoms with Gasteiger partial charge in [-0.3, -0.25) is 4.79 Å². The lowest BCUT2D eigenvalue weighted by Crippen LogP contribution is -2.46. The lowest BCUT2D eigenvalue weighted by molar-refractivity contribution is -0.127. The minimum absolute atomic E-state index is 0.168. The Kier molecular flexibility index (Phi) is 4.06. The maximum absolute atomic E-state index is 11.9. The number of nitrogens with one attached hydrogen (secondary N) is 1. The van der Waals surface area contributed by atoms with Crippen LogP contribution in [0.25, 0.3) is 0 Å². The number of hydrogen-bond donors (Lipinski definition) is 2. The maximum atomic E-state index is 11.9. The molecule has 1 rings (SSSR count). The molecule has 0 bridgehead atoms. The summed E-state index contributed by atoms with van der Waals surface area (Å²) in [5.41, 5.74) is 4.79. The van der Waals surface area contributed by atoms with Crippen LogP contribution in [-0.4, -0.2) is 10.9 Å². The van der Waals surface area contributed by atoms with Crippen LogP contribution in [0.3, 0.4) is 0 Å². The number of thiocarbonyl (C=S) groups is 1. The molecule has 1 unspecified atom stereocenters. The van der Waals surface area contributed by atoms with Crippen molar-refractivity contribution in [1.82, 2.24) is 5.32 Å². The van der Waals surface area contributed by atoms with Crippen LogP contribution in [0.2, 0.25) is 0 Å². The minimum atomic E-state index is -0.790. The van der Waals surface area contributed by atoms with Gasteiger partial charge in [0.2, 0.25) is 5.91 Å².